The fourth-order valence-electron chi connectivity index (χ4n) is 7.05. The summed E-state index contributed by atoms with van der Waals surface area (Å²) in [4.78, 5) is 0. The summed E-state index contributed by atoms with van der Waals surface area (Å²) < 4.78 is 56.4. The Bertz CT molecular complexity index is 1070. The van der Waals surface area contributed by atoms with E-state index < -0.39 is 6.36 Å². The van der Waals surface area contributed by atoms with Crippen molar-refractivity contribution in [1.82, 2.24) is 0 Å². The number of allylic oxidation sites excluding steroid dienone is 2. The summed E-state index contributed by atoms with van der Waals surface area (Å²) in [6, 6.07) is 12.0. The lowest BCUT2D eigenvalue weighted by Crippen LogP contribution is -2.24. The van der Waals surface area contributed by atoms with Crippen molar-refractivity contribution >= 4 is 5.57 Å². The third-order valence-corrected chi connectivity index (χ3v) is 9.31. The number of rotatable bonds is 5. The molecule has 37 heavy (non-hydrogen) atoms. The Morgan fingerprint density at radius 3 is 1.92 bits per heavy atom. The first-order valence-electron chi connectivity index (χ1n) is 14.1. The summed E-state index contributed by atoms with van der Waals surface area (Å²) in [6.07, 6.45) is 10.2. The Kier molecular flexibility index (Phi) is 7.97. The van der Waals surface area contributed by atoms with Crippen molar-refractivity contribution in [3.63, 3.8) is 0 Å². The Morgan fingerprint density at radius 2 is 1.35 bits per heavy atom. The molecule has 0 bridgehead atoms. The van der Waals surface area contributed by atoms with E-state index in [0.717, 1.165) is 53.7 Å². The summed E-state index contributed by atoms with van der Waals surface area (Å²) in [5, 5.41) is 0. The summed E-state index contributed by atoms with van der Waals surface area (Å²) in [5.74, 6) is 3.02. The molecule has 0 spiro atoms. The minimum Gasteiger partial charge on any atom is -0.406 e. The summed E-state index contributed by atoms with van der Waals surface area (Å²) >= 11 is 0. The number of hydrogen-bond donors (Lipinski definition) is 0. The van der Waals surface area contributed by atoms with Crippen LogP contribution in [0.3, 0.4) is 0 Å². The van der Waals surface area contributed by atoms with Crippen molar-refractivity contribution in [2.45, 2.75) is 95.8 Å². The summed E-state index contributed by atoms with van der Waals surface area (Å²) in [7, 11) is 0. The molecule has 0 heterocycles. The molecule has 0 saturated heterocycles. The number of alkyl halides is 3. The largest absolute Gasteiger partial charge is 0.573 e. The topological polar surface area (TPSA) is 9.23 Å². The van der Waals surface area contributed by atoms with E-state index in [4.69, 9.17) is 0 Å². The fourth-order valence-corrected chi connectivity index (χ4v) is 7.05. The van der Waals surface area contributed by atoms with Gasteiger partial charge in [-0.2, -0.15) is 0 Å². The van der Waals surface area contributed by atoms with Crippen molar-refractivity contribution in [2.24, 2.45) is 17.8 Å². The van der Waals surface area contributed by atoms with Crippen molar-refractivity contribution in [3.05, 3.63) is 71.0 Å². The molecule has 0 N–H and O–H groups in total. The van der Waals surface area contributed by atoms with Crippen LogP contribution < -0.4 is 4.74 Å². The van der Waals surface area contributed by atoms with E-state index in [0.29, 0.717) is 11.5 Å². The van der Waals surface area contributed by atoms with Gasteiger partial charge in [0.15, 0.2) is 0 Å². The molecule has 1 nitrogen and oxygen atoms in total. The standard InChI is InChI=1S/C32H38F4O/c1-21-2-4-22(5-3-21)23-6-8-26(9-7-23)28-16-19-30(31(33)20-28)27-12-10-24(11-13-27)25-14-17-29(18-15-25)37-32(34,35)36/h12,14-24,26H,2-11,13H2,1H3. The van der Waals surface area contributed by atoms with Gasteiger partial charge in [-0.25, -0.2) is 4.39 Å². The average molecular weight is 515 g/mol. The molecule has 2 fully saturated rings. The molecule has 0 radical (unpaired) electrons. The molecule has 1 unspecified atom stereocenters. The van der Waals surface area contributed by atoms with Gasteiger partial charge in [-0.3, -0.25) is 0 Å². The normalized spacial score (nSPS) is 29.0. The maximum Gasteiger partial charge on any atom is 0.573 e. The number of ether oxygens (including phenoxy) is 1. The Balaban J connectivity index is 1.17. The maximum absolute atomic E-state index is 15.2. The number of hydrogen-bond acceptors (Lipinski definition) is 1. The SMILES string of the molecule is CC1CCC(C2CCC(c3ccc(C4=CCC(c5ccc(OC(F)(F)F)cc5)CC4)c(F)c3)CC2)CC1. The highest BCUT2D eigenvalue weighted by Crippen LogP contribution is 2.44. The molecule has 3 aliphatic carbocycles. The molecule has 200 valence electrons. The van der Waals surface area contributed by atoms with Gasteiger partial charge in [0.1, 0.15) is 11.6 Å². The Morgan fingerprint density at radius 1 is 0.730 bits per heavy atom. The van der Waals surface area contributed by atoms with Gasteiger partial charge in [0.2, 0.25) is 0 Å². The quantitative estimate of drug-likeness (QED) is 0.361. The van der Waals surface area contributed by atoms with Gasteiger partial charge in [-0.1, -0.05) is 50.1 Å². The highest BCUT2D eigenvalue weighted by atomic mass is 19.4. The van der Waals surface area contributed by atoms with Crippen LogP contribution in [-0.4, -0.2) is 6.36 Å². The van der Waals surface area contributed by atoms with E-state index in [2.05, 4.69) is 23.8 Å². The fraction of sp³-hybridized carbons (Fsp3) is 0.562. The first-order valence-corrected chi connectivity index (χ1v) is 14.1. The number of benzene rings is 2. The second-order valence-corrected chi connectivity index (χ2v) is 11.7. The van der Waals surface area contributed by atoms with Gasteiger partial charge in [0.25, 0.3) is 0 Å². The van der Waals surface area contributed by atoms with Crippen molar-refractivity contribution < 1.29 is 22.3 Å². The first kappa shape index (κ1) is 26.3. The van der Waals surface area contributed by atoms with Crippen LogP contribution in [0.25, 0.3) is 5.57 Å². The molecule has 0 amide bonds. The van der Waals surface area contributed by atoms with Crippen LogP contribution in [0.1, 0.15) is 106 Å². The van der Waals surface area contributed by atoms with E-state index in [1.807, 2.05) is 6.07 Å². The minimum atomic E-state index is -4.68. The van der Waals surface area contributed by atoms with Crippen molar-refractivity contribution in [2.75, 3.05) is 0 Å². The first-order chi connectivity index (χ1) is 17.7. The highest BCUT2D eigenvalue weighted by Gasteiger charge is 2.32. The molecule has 0 aromatic heterocycles. The molecule has 1 atom stereocenters. The van der Waals surface area contributed by atoms with Crippen molar-refractivity contribution in [1.29, 1.82) is 0 Å². The van der Waals surface area contributed by atoms with Crippen LogP contribution in [0.2, 0.25) is 0 Å². The predicted molar refractivity (Wildman–Crippen MR) is 140 cm³/mol. The molecule has 2 aromatic rings. The van der Waals surface area contributed by atoms with Crippen LogP contribution in [0.5, 0.6) is 5.75 Å². The zero-order valence-electron chi connectivity index (χ0n) is 21.7. The van der Waals surface area contributed by atoms with Gasteiger partial charge >= 0.3 is 6.36 Å². The predicted octanol–water partition coefficient (Wildman–Crippen LogP) is 10.2. The molecular weight excluding hydrogens is 476 g/mol. The lowest BCUT2D eigenvalue weighted by Gasteiger charge is -2.37. The second-order valence-electron chi connectivity index (χ2n) is 11.7. The lowest BCUT2D eigenvalue weighted by atomic mass is 9.68. The van der Waals surface area contributed by atoms with Crippen molar-refractivity contribution in [3.8, 4) is 5.75 Å². The third-order valence-electron chi connectivity index (χ3n) is 9.31. The van der Waals surface area contributed by atoms with E-state index in [1.54, 1.807) is 18.2 Å². The molecular formula is C32H38F4O. The van der Waals surface area contributed by atoms with E-state index in [1.165, 1.54) is 63.5 Å². The van der Waals surface area contributed by atoms with Gasteiger partial charge in [0, 0.05) is 5.56 Å². The molecule has 5 rings (SSSR count). The van der Waals surface area contributed by atoms with Gasteiger partial charge in [0.05, 0.1) is 0 Å². The van der Waals surface area contributed by atoms with Crippen LogP contribution in [0, 0.1) is 23.6 Å². The maximum atomic E-state index is 15.2. The molecule has 2 saturated carbocycles. The third kappa shape index (κ3) is 6.59. The van der Waals surface area contributed by atoms with Gasteiger partial charge in [-0.05, 0) is 122 Å². The number of halogens is 4. The van der Waals surface area contributed by atoms with Gasteiger partial charge in [-0.15, -0.1) is 13.2 Å². The molecule has 3 aliphatic rings. The molecule has 5 heteroatoms. The smallest absolute Gasteiger partial charge is 0.406 e. The Hall–Kier alpha value is -2.30. The van der Waals surface area contributed by atoms with Crippen LogP contribution >= 0.6 is 0 Å². The van der Waals surface area contributed by atoms with E-state index in [-0.39, 0.29) is 17.5 Å². The molecule has 2 aromatic carbocycles. The average Bonchev–Trinajstić information content (AvgIpc) is 2.89. The lowest BCUT2D eigenvalue weighted by molar-refractivity contribution is -0.274. The van der Waals surface area contributed by atoms with E-state index >= 15 is 4.39 Å². The summed E-state index contributed by atoms with van der Waals surface area (Å²) in [6.45, 7) is 2.38. The van der Waals surface area contributed by atoms with Crippen LogP contribution in [-0.2, 0) is 0 Å². The van der Waals surface area contributed by atoms with Gasteiger partial charge < -0.3 is 4.74 Å². The van der Waals surface area contributed by atoms with Crippen LogP contribution in [0.4, 0.5) is 17.6 Å². The highest BCUT2D eigenvalue weighted by molar-refractivity contribution is 5.67. The van der Waals surface area contributed by atoms with E-state index in [9.17, 15) is 13.2 Å². The zero-order valence-corrected chi connectivity index (χ0v) is 21.7. The second kappa shape index (κ2) is 11.2. The van der Waals surface area contributed by atoms with Crippen LogP contribution in [0.15, 0.2) is 48.5 Å². The molecule has 0 aliphatic heterocycles. The minimum absolute atomic E-state index is 0.126. The summed E-state index contributed by atoms with van der Waals surface area (Å²) in [5.41, 5.74) is 3.86. The Labute approximate surface area is 218 Å². The monoisotopic (exact) mass is 514 g/mol. The zero-order chi connectivity index (χ0) is 26.0.